The van der Waals surface area contributed by atoms with Gasteiger partial charge in [-0.3, -0.25) is 9.69 Å². The maximum absolute atomic E-state index is 12.6. The standard InChI is InChI=1S/C18H34N4O/c1-21-13-7-18(8-14-21,22-11-3-2-4-12-22)15-20-17(23)16-5-9-19-10-6-16/h16,19H,2-15H2,1H3,(H,20,23). The monoisotopic (exact) mass is 322 g/mol. The summed E-state index contributed by atoms with van der Waals surface area (Å²) >= 11 is 0. The normalized spacial score (nSPS) is 27.7. The summed E-state index contributed by atoms with van der Waals surface area (Å²) in [4.78, 5) is 17.7. The summed E-state index contributed by atoms with van der Waals surface area (Å²) in [5, 5.41) is 6.69. The first-order valence-corrected chi connectivity index (χ1v) is 9.62. The maximum Gasteiger partial charge on any atom is 0.223 e. The number of hydrogen-bond acceptors (Lipinski definition) is 4. The van der Waals surface area contributed by atoms with Gasteiger partial charge in [-0.25, -0.2) is 0 Å². The summed E-state index contributed by atoms with van der Waals surface area (Å²) in [6.07, 6.45) is 8.37. The van der Waals surface area contributed by atoms with E-state index in [-0.39, 0.29) is 11.5 Å². The molecule has 3 fully saturated rings. The first kappa shape index (κ1) is 17.2. The predicted octanol–water partition coefficient (Wildman–Crippen LogP) is 1.05. The number of nitrogens with zero attached hydrogens (tertiary/aromatic N) is 2. The van der Waals surface area contributed by atoms with Gasteiger partial charge in [0.15, 0.2) is 0 Å². The number of rotatable bonds is 4. The fourth-order valence-corrected chi connectivity index (χ4v) is 4.49. The molecular formula is C18H34N4O. The average Bonchev–Trinajstić information content (AvgIpc) is 2.63. The van der Waals surface area contributed by atoms with Crippen LogP contribution in [0.2, 0.25) is 0 Å². The molecule has 0 spiro atoms. The molecule has 0 aromatic carbocycles. The van der Waals surface area contributed by atoms with Crippen LogP contribution in [0.1, 0.15) is 44.9 Å². The van der Waals surface area contributed by atoms with Gasteiger partial charge in [0.25, 0.3) is 0 Å². The van der Waals surface area contributed by atoms with E-state index in [1.807, 2.05) is 0 Å². The zero-order chi connectivity index (χ0) is 16.1. The van der Waals surface area contributed by atoms with Crippen molar-refractivity contribution in [1.82, 2.24) is 20.4 Å². The summed E-state index contributed by atoms with van der Waals surface area (Å²) in [5.74, 6) is 0.516. The Bertz CT molecular complexity index is 380. The van der Waals surface area contributed by atoms with Crippen LogP contribution in [0.4, 0.5) is 0 Å². The summed E-state index contributed by atoms with van der Waals surface area (Å²) in [6.45, 7) is 7.56. The van der Waals surface area contributed by atoms with Crippen LogP contribution in [0.5, 0.6) is 0 Å². The zero-order valence-corrected chi connectivity index (χ0v) is 14.8. The zero-order valence-electron chi connectivity index (χ0n) is 14.8. The lowest BCUT2D eigenvalue weighted by molar-refractivity contribution is -0.126. The molecule has 3 aliphatic heterocycles. The molecule has 5 nitrogen and oxygen atoms in total. The number of carbonyl (C=O) groups is 1. The van der Waals surface area contributed by atoms with E-state index in [0.29, 0.717) is 5.91 Å². The molecule has 0 aromatic heterocycles. The van der Waals surface area contributed by atoms with Crippen molar-refractivity contribution in [3.8, 4) is 0 Å². The minimum Gasteiger partial charge on any atom is -0.354 e. The quantitative estimate of drug-likeness (QED) is 0.812. The van der Waals surface area contributed by atoms with Crippen LogP contribution in [0, 0.1) is 5.92 Å². The van der Waals surface area contributed by atoms with E-state index in [1.54, 1.807) is 0 Å². The van der Waals surface area contributed by atoms with E-state index in [9.17, 15) is 4.79 Å². The third-order valence-electron chi connectivity index (χ3n) is 6.25. The van der Waals surface area contributed by atoms with Gasteiger partial charge in [-0.2, -0.15) is 0 Å². The van der Waals surface area contributed by atoms with Crippen LogP contribution in [-0.4, -0.2) is 74.1 Å². The van der Waals surface area contributed by atoms with Crippen molar-refractivity contribution >= 4 is 5.91 Å². The average molecular weight is 322 g/mol. The van der Waals surface area contributed by atoms with Crippen LogP contribution in [0.3, 0.4) is 0 Å². The van der Waals surface area contributed by atoms with Crippen molar-refractivity contribution < 1.29 is 4.79 Å². The summed E-state index contributed by atoms with van der Waals surface area (Å²) in [5.41, 5.74) is 0.204. The fourth-order valence-electron chi connectivity index (χ4n) is 4.49. The first-order chi connectivity index (χ1) is 11.2. The first-order valence-electron chi connectivity index (χ1n) is 9.62. The van der Waals surface area contributed by atoms with Crippen molar-refractivity contribution in [3.05, 3.63) is 0 Å². The summed E-state index contributed by atoms with van der Waals surface area (Å²) < 4.78 is 0. The minimum absolute atomic E-state index is 0.204. The van der Waals surface area contributed by atoms with Crippen LogP contribution < -0.4 is 10.6 Å². The molecule has 3 aliphatic rings. The van der Waals surface area contributed by atoms with Gasteiger partial charge in [0.1, 0.15) is 0 Å². The van der Waals surface area contributed by atoms with Gasteiger partial charge in [0, 0.05) is 18.0 Å². The lowest BCUT2D eigenvalue weighted by atomic mass is 9.83. The molecular weight excluding hydrogens is 288 g/mol. The van der Waals surface area contributed by atoms with Crippen molar-refractivity contribution in [2.24, 2.45) is 5.92 Å². The Morgan fingerprint density at radius 3 is 2.39 bits per heavy atom. The van der Waals surface area contributed by atoms with E-state index >= 15 is 0 Å². The number of likely N-dealkylation sites (tertiary alicyclic amines) is 2. The molecule has 0 atom stereocenters. The molecule has 3 saturated heterocycles. The van der Waals surface area contributed by atoms with Gasteiger partial charge in [0.05, 0.1) is 0 Å². The number of hydrogen-bond donors (Lipinski definition) is 2. The van der Waals surface area contributed by atoms with E-state index in [0.717, 1.165) is 45.6 Å². The van der Waals surface area contributed by atoms with Crippen molar-refractivity contribution in [1.29, 1.82) is 0 Å². The summed E-state index contributed by atoms with van der Waals surface area (Å²) in [6, 6.07) is 0. The van der Waals surface area contributed by atoms with Gasteiger partial charge in [-0.15, -0.1) is 0 Å². The highest BCUT2D eigenvalue weighted by Gasteiger charge is 2.40. The molecule has 0 bridgehead atoms. The molecule has 23 heavy (non-hydrogen) atoms. The van der Waals surface area contributed by atoms with Crippen molar-refractivity contribution in [3.63, 3.8) is 0 Å². The Morgan fingerprint density at radius 1 is 1.09 bits per heavy atom. The molecule has 132 valence electrons. The molecule has 3 rings (SSSR count). The topological polar surface area (TPSA) is 47.6 Å². The lowest BCUT2D eigenvalue weighted by Gasteiger charge is -2.50. The second kappa shape index (κ2) is 7.95. The highest BCUT2D eigenvalue weighted by molar-refractivity contribution is 5.78. The molecule has 1 amide bonds. The maximum atomic E-state index is 12.6. The van der Waals surface area contributed by atoms with Crippen LogP contribution >= 0.6 is 0 Å². The molecule has 0 saturated carbocycles. The molecule has 0 unspecified atom stereocenters. The SMILES string of the molecule is CN1CCC(CNC(=O)C2CCNCC2)(N2CCCCC2)CC1. The molecule has 0 aliphatic carbocycles. The van der Waals surface area contributed by atoms with Crippen molar-refractivity contribution in [2.45, 2.75) is 50.5 Å². The number of piperidine rings is 3. The second-order valence-corrected chi connectivity index (χ2v) is 7.82. The number of amides is 1. The van der Waals surface area contributed by atoms with Crippen LogP contribution in [0.25, 0.3) is 0 Å². The van der Waals surface area contributed by atoms with E-state index < -0.39 is 0 Å². The van der Waals surface area contributed by atoms with Crippen molar-refractivity contribution in [2.75, 3.05) is 52.9 Å². The smallest absolute Gasteiger partial charge is 0.223 e. The predicted molar refractivity (Wildman–Crippen MR) is 93.5 cm³/mol. The van der Waals surface area contributed by atoms with Gasteiger partial charge >= 0.3 is 0 Å². The molecule has 0 radical (unpaired) electrons. The largest absolute Gasteiger partial charge is 0.354 e. The van der Waals surface area contributed by atoms with E-state index in [4.69, 9.17) is 0 Å². The van der Waals surface area contributed by atoms with Crippen LogP contribution in [-0.2, 0) is 4.79 Å². The Morgan fingerprint density at radius 2 is 1.74 bits per heavy atom. The Hall–Kier alpha value is -0.650. The lowest BCUT2D eigenvalue weighted by Crippen LogP contribution is -2.61. The van der Waals surface area contributed by atoms with Gasteiger partial charge < -0.3 is 15.5 Å². The third kappa shape index (κ3) is 4.25. The third-order valence-corrected chi connectivity index (χ3v) is 6.25. The Labute approximate surface area is 141 Å². The number of carbonyl (C=O) groups excluding carboxylic acids is 1. The van der Waals surface area contributed by atoms with Gasteiger partial charge in [-0.1, -0.05) is 6.42 Å². The second-order valence-electron chi connectivity index (χ2n) is 7.82. The van der Waals surface area contributed by atoms with E-state index in [1.165, 1.54) is 45.2 Å². The molecule has 5 heteroatoms. The van der Waals surface area contributed by atoms with Gasteiger partial charge in [0.2, 0.25) is 5.91 Å². The molecule has 3 heterocycles. The Kier molecular flexibility index (Phi) is 5.94. The highest BCUT2D eigenvalue weighted by Crippen LogP contribution is 2.31. The Balaban J connectivity index is 1.60. The molecule has 0 aromatic rings. The van der Waals surface area contributed by atoms with Crippen LogP contribution in [0.15, 0.2) is 0 Å². The van der Waals surface area contributed by atoms with E-state index in [2.05, 4.69) is 27.5 Å². The summed E-state index contributed by atoms with van der Waals surface area (Å²) in [7, 11) is 2.22. The number of nitrogens with one attached hydrogen (secondary N) is 2. The highest BCUT2D eigenvalue weighted by atomic mass is 16.1. The minimum atomic E-state index is 0.204. The van der Waals surface area contributed by atoms with Gasteiger partial charge in [-0.05, 0) is 84.8 Å². The molecule has 2 N–H and O–H groups in total. The fraction of sp³-hybridized carbons (Fsp3) is 0.944.